The fourth-order valence-corrected chi connectivity index (χ4v) is 2.37. The van der Waals surface area contributed by atoms with Crippen molar-refractivity contribution in [2.75, 3.05) is 25.9 Å². The maximum Gasteiger partial charge on any atom is 0.305 e. The summed E-state index contributed by atoms with van der Waals surface area (Å²) in [5.41, 5.74) is 5.36. The molecule has 0 aromatic carbocycles. The minimum atomic E-state index is -3.23. The van der Waals surface area contributed by atoms with Gasteiger partial charge in [-0.15, -0.1) is 0 Å². The molecule has 0 bridgehead atoms. The van der Waals surface area contributed by atoms with E-state index in [2.05, 4.69) is 5.32 Å². The number of carbonyl (C=O) groups excluding carboxylic acids is 1. The lowest BCUT2D eigenvalue weighted by Crippen LogP contribution is -2.43. The molecule has 0 heterocycles. The Labute approximate surface area is 113 Å². The van der Waals surface area contributed by atoms with E-state index in [9.17, 15) is 18.0 Å². The van der Waals surface area contributed by atoms with E-state index in [0.717, 1.165) is 6.26 Å². The minimum Gasteiger partial charge on any atom is -0.481 e. The lowest BCUT2D eigenvalue weighted by molar-refractivity contribution is -0.139. The molecule has 1 unspecified atom stereocenters. The van der Waals surface area contributed by atoms with E-state index in [-0.39, 0.29) is 6.54 Å². The number of carboxylic acid groups (broad SMARTS) is 1. The number of sulfonamides is 1. The predicted octanol–water partition coefficient (Wildman–Crippen LogP) is -1.42. The molecule has 8 nitrogen and oxygen atoms in total. The first-order chi connectivity index (χ1) is 8.68. The van der Waals surface area contributed by atoms with Gasteiger partial charge in [-0.05, 0) is 6.42 Å². The van der Waals surface area contributed by atoms with Crippen LogP contribution in [0.3, 0.4) is 0 Å². The van der Waals surface area contributed by atoms with Gasteiger partial charge in [-0.25, -0.2) is 12.7 Å². The van der Waals surface area contributed by atoms with Crippen molar-refractivity contribution >= 4 is 21.9 Å². The average Bonchev–Trinajstić information content (AvgIpc) is 2.25. The van der Waals surface area contributed by atoms with Crippen molar-refractivity contribution in [1.82, 2.24) is 9.62 Å². The number of hydrogen-bond acceptors (Lipinski definition) is 5. The van der Waals surface area contributed by atoms with Gasteiger partial charge in [-0.3, -0.25) is 9.59 Å². The second-order valence-electron chi connectivity index (χ2n) is 4.10. The van der Waals surface area contributed by atoms with E-state index in [0.29, 0.717) is 19.5 Å². The van der Waals surface area contributed by atoms with E-state index < -0.39 is 34.4 Å². The Bertz CT molecular complexity index is 409. The molecule has 0 radical (unpaired) electrons. The lowest BCUT2D eigenvalue weighted by Gasteiger charge is -2.18. The summed E-state index contributed by atoms with van der Waals surface area (Å²) in [6, 6.07) is -1.09. The van der Waals surface area contributed by atoms with Gasteiger partial charge in [0, 0.05) is 19.6 Å². The summed E-state index contributed by atoms with van der Waals surface area (Å²) in [6.45, 7) is 2.63. The highest BCUT2D eigenvalue weighted by Gasteiger charge is 2.17. The van der Waals surface area contributed by atoms with Crippen LogP contribution in [0.5, 0.6) is 0 Å². The van der Waals surface area contributed by atoms with Gasteiger partial charge < -0.3 is 16.2 Å². The van der Waals surface area contributed by atoms with Crippen LogP contribution in [0, 0.1) is 0 Å². The summed E-state index contributed by atoms with van der Waals surface area (Å²) in [7, 11) is -3.23. The minimum absolute atomic E-state index is 0.248. The van der Waals surface area contributed by atoms with Gasteiger partial charge in [0.15, 0.2) is 0 Å². The number of nitrogens with zero attached hydrogens (tertiary/aromatic N) is 1. The van der Waals surface area contributed by atoms with Crippen LogP contribution in [-0.4, -0.2) is 61.6 Å². The number of amides is 1. The van der Waals surface area contributed by atoms with E-state index in [4.69, 9.17) is 10.8 Å². The van der Waals surface area contributed by atoms with Crippen molar-refractivity contribution < 1.29 is 23.1 Å². The summed E-state index contributed by atoms with van der Waals surface area (Å²) >= 11 is 0. The highest BCUT2D eigenvalue weighted by Crippen LogP contribution is 1.98. The zero-order valence-corrected chi connectivity index (χ0v) is 11.9. The van der Waals surface area contributed by atoms with Crippen molar-refractivity contribution in [3.63, 3.8) is 0 Å². The van der Waals surface area contributed by atoms with Gasteiger partial charge in [-0.1, -0.05) is 6.92 Å². The number of rotatable bonds is 9. The number of nitrogens with one attached hydrogen (secondary N) is 1. The van der Waals surface area contributed by atoms with Gasteiger partial charge in [0.05, 0.1) is 18.7 Å². The normalized spacial score (nSPS) is 13.3. The van der Waals surface area contributed by atoms with Crippen LogP contribution < -0.4 is 11.1 Å². The van der Waals surface area contributed by atoms with Gasteiger partial charge in [-0.2, -0.15) is 0 Å². The monoisotopic (exact) mass is 295 g/mol. The topological polar surface area (TPSA) is 130 Å². The third-order valence-electron chi connectivity index (χ3n) is 2.44. The van der Waals surface area contributed by atoms with Crippen LogP contribution in [0.1, 0.15) is 19.8 Å². The number of carboxylic acids is 1. The average molecular weight is 295 g/mol. The first kappa shape index (κ1) is 17.8. The second kappa shape index (κ2) is 8.08. The van der Waals surface area contributed by atoms with Crippen LogP contribution in [-0.2, 0) is 19.6 Å². The van der Waals surface area contributed by atoms with E-state index in [1.54, 1.807) is 6.92 Å². The molecule has 1 atom stereocenters. The molecule has 9 heteroatoms. The molecule has 19 heavy (non-hydrogen) atoms. The summed E-state index contributed by atoms with van der Waals surface area (Å²) in [6.07, 6.45) is 1.13. The third-order valence-corrected chi connectivity index (χ3v) is 3.82. The van der Waals surface area contributed by atoms with Crippen LogP contribution >= 0.6 is 0 Å². The summed E-state index contributed by atoms with van der Waals surface area (Å²) in [5, 5.41) is 10.9. The Hall–Kier alpha value is -1.19. The first-order valence-corrected chi connectivity index (χ1v) is 7.73. The van der Waals surface area contributed by atoms with Crippen LogP contribution in [0.15, 0.2) is 0 Å². The SMILES string of the molecule is CCN(CCCNC(=O)C(N)CC(=O)O)S(C)(=O)=O. The fraction of sp³-hybridized carbons (Fsp3) is 0.800. The molecule has 1 amide bonds. The number of aliphatic carboxylic acids is 1. The molecule has 4 N–H and O–H groups in total. The molecular weight excluding hydrogens is 274 g/mol. The molecule has 0 aliphatic heterocycles. The highest BCUT2D eigenvalue weighted by molar-refractivity contribution is 7.88. The van der Waals surface area contributed by atoms with Crippen molar-refractivity contribution in [1.29, 1.82) is 0 Å². The van der Waals surface area contributed by atoms with E-state index >= 15 is 0 Å². The van der Waals surface area contributed by atoms with Gasteiger partial charge >= 0.3 is 5.97 Å². The number of carbonyl (C=O) groups is 2. The Morgan fingerprint density at radius 1 is 1.42 bits per heavy atom. The molecule has 0 aliphatic rings. The van der Waals surface area contributed by atoms with Gasteiger partial charge in [0.1, 0.15) is 0 Å². The Morgan fingerprint density at radius 2 is 2.00 bits per heavy atom. The predicted molar refractivity (Wildman–Crippen MR) is 69.9 cm³/mol. The summed E-state index contributed by atoms with van der Waals surface area (Å²) < 4.78 is 23.8. The lowest BCUT2D eigenvalue weighted by atomic mass is 10.2. The van der Waals surface area contributed by atoms with E-state index in [1.165, 1.54) is 4.31 Å². The molecule has 0 fully saturated rings. The molecule has 0 aromatic heterocycles. The largest absolute Gasteiger partial charge is 0.481 e. The van der Waals surface area contributed by atoms with Crippen molar-refractivity contribution in [2.24, 2.45) is 5.73 Å². The molecule has 0 rings (SSSR count). The van der Waals surface area contributed by atoms with Crippen molar-refractivity contribution in [2.45, 2.75) is 25.8 Å². The van der Waals surface area contributed by atoms with Crippen molar-refractivity contribution in [3.05, 3.63) is 0 Å². The first-order valence-electron chi connectivity index (χ1n) is 5.88. The van der Waals surface area contributed by atoms with Crippen LogP contribution in [0.25, 0.3) is 0 Å². The quantitative estimate of drug-likeness (QED) is 0.447. The van der Waals surface area contributed by atoms with Crippen LogP contribution in [0.4, 0.5) is 0 Å². The highest BCUT2D eigenvalue weighted by atomic mass is 32.2. The number of hydrogen-bond donors (Lipinski definition) is 3. The molecule has 112 valence electrons. The van der Waals surface area contributed by atoms with E-state index in [1.807, 2.05) is 0 Å². The summed E-state index contributed by atoms with van der Waals surface area (Å²) in [4.78, 5) is 21.7. The van der Waals surface area contributed by atoms with Gasteiger partial charge in [0.25, 0.3) is 0 Å². The van der Waals surface area contributed by atoms with Crippen LogP contribution in [0.2, 0.25) is 0 Å². The Balaban J connectivity index is 3.98. The Morgan fingerprint density at radius 3 is 2.42 bits per heavy atom. The Kier molecular flexibility index (Phi) is 7.57. The molecule has 0 aromatic rings. The molecule has 0 saturated heterocycles. The molecule has 0 spiro atoms. The third kappa shape index (κ3) is 7.75. The molecular formula is C10H21N3O5S. The maximum atomic E-state index is 11.4. The molecule has 0 saturated carbocycles. The second-order valence-corrected chi connectivity index (χ2v) is 6.09. The fourth-order valence-electron chi connectivity index (χ4n) is 1.44. The zero-order valence-electron chi connectivity index (χ0n) is 11.1. The smallest absolute Gasteiger partial charge is 0.305 e. The zero-order chi connectivity index (χ0) is 15.1. The number of nitrogens with two attached hydrogens (primary N) is 1. The standard InChI is InChI=1S/C10H21N3O5S/c1-3-13(19(2,17)18)6-4-5-12-10(16)8(11)7-9(14)15/h8H,3-7,11H2,1-2H3,(H,12,16)(H,14,15). The van der Waals surface area contributed by atoms with Crippen molar-refractivity contribution in [3.8, 4) is 0 Å². The van der Waals surface area contributed by atoms with Gasteiger partial charge in [0.2, 0.25) is 15.9 Å². The summed E-state index contributed by atoms with van der Waals surface area (Å²) in [5.74, 6) is -1.69. The molecule has 0 aliphatic carbocycles. The maximum absolute atomic E-state index is 11.4.